The number of nitrogens with one attached hydrogen (secondary N) is 1. The number of methoxy groups -OCH3 is 1. The van der Waals surface area contributed by atoms with E-state index in [0.717, 1.165) is 6.07 Å². The maximum absolute atomic E-state index is 13.6. The lowest BCUT2D eigenvalue weighted by Gasteiger charge is -2.21. The lowest BCUT2D eigenvalue weighted by molar-refractivity contribution is -0.217. The number of alkyl halides is 6. The van der Waals surface area contributed by atoms with Gasteiger partial charge in [-0.05, 0) is 30.3 Å². The fourth-order valence-electron chi connectivity index (χ4n) is 3.43. The molecule has 0 radical (unpaired) electrons. The summed E-state index contributed by atoms with van der Waals surface area (Å²) in [6.45, 7) is -0.822. The zero-order valence-corrected chi connectivity index (χ0v) is 17.6. The average Bonchev–Trinajstić information content (AvgIpc) is 3.23. The topological polar surface area (TPSA) is 103 Å². The van der Waals surface area contributed by atoms with Crippen LogP contribution in [0.2, 0.25) is 0 Å². The number of nitrogens with zero attached hydrogens (tertiary/aromatic N) is 5. The number of halogens is 6. The van der Waals surface area contributed by atoms with Gasteiger partial charge in [0.25, 0.3) is 5.56 Å². The van der Waals surface area contributed by atoms with Crippen molar-refractivity contribution in [2.45, 2.75) is 25.0 Å². The Hall–Kier alpha value is -4.01. The summed E-state index contributed by atoms with van der Waals surface area (Å²) in [5.41, 5.74) is -2.57. The third-order valence-electron chi connectivity index (χ3n) is 4.97. The van der Waals surface area contributed by atoms with E-state index in [1.807, 2.05) is 0 Å². The zero-order chi connectivity index (χ0) is 25.5. The molecular formula is C20H14F6N6O3. The maximum Gasteiger partial charge on any atom is 0.420 e. The van der Waals surface area contributed by atoms with E-state index < -0.39 is 58.5 Å². The van der Waals surface area contributed by atoms with E-state index in [2.05, 4.69) is 25.3 Å². The summed E-state index contributed by atoms with van der Waals surface area (Å²) >= 11 is 0. The number of carbonyl (C=O) groups is 1. The van der Waals surface area contributed by atoms with Crippen LogP contribution in [0.15, 0.2) is 47.7 Å². The van der Waals surface area contributed by atoms with Gasteiger partial charge in [-0.2, -0.15) is 31.4 Å². The molecule has 1 amide bonds. The molecule has 184 valence electrons. The molecule has 0 aliphatic rings. The van der Waals surface area contributed by atoms with Gasteiger partial charge in [-0.25, -0.2) is 4.68 Å². The van der Waals surface area contributed by atoms with Crippen molar-refractivity contribution in [1.29, 1.82) is 0 Å². The molecule has 0 saturated carbocycles. The van der Waals surface area contributed by atoms with Crippen LogP contribution >= 0.6 is 0 Å². The Morgan fingerprint density at radius 1 is 1.11 bits per heavy atom. The summed E-state index contributed by atoms with van der Waals surface area (Å²) in [6, 6.07) is 4.71. The van der Waals surface area contributed by atoms with Gasteiger partial charge in [0.2, 0.25) is 5.91 Å². The summed E-state index contributed by atoms with van der Waals surface area (Å²) < 4.78 is 86.7. The van der Waals surface area contributed by atoms with E-state index in [0.29, 0.717) is 29.6 Å². The lowest BCUT2D eigenvalue weighted by atomic mass is 10.0. The minimum atomic E-state index is -5.07. The van der Waals surface area contributed by atoms with Gasteiger partial charge in [-0.3, -0.25) is 14.0 Å². The van der Waals surface area contributed by atoms with Gasteiger partial charge in [0.15, 0.2) is 11.8 Å². The number of rotatable bonds is 5. The van der Waals surface area contributed by atoms with Crippen LogP contribution in [0.1, 0.15) is 17.4 Å². The maximum atomic E-state index is 13.6. The van der Waals surface area contributed by atoms with Gasteiger partial charge in [0, 0.05) is 18.7 Å². The largest absolute Gasteiger partial charge is 0.420 e. The Morgan fingerprint density at radius 2 is 1.86 bits per heavy atom. The van der Waals surface area contributed by atoms with E-state index in [1.165, 1.54) is 29.1 Å². The SMILES string of the molecule is COC(c1nn(CC(=O)Nc2ccc3nncn3c2)c(=O)c2ccc(C(F)(F)F)cc12)C(F)(F)F. The van der Waals surface area contributed by atoms with Gasteiger partial charge >= 0.3 is 12.4 Å². The Kier molecular flexibility index (Phi) is 5.96. The first kappa shape index (κ1) is 24.1. The first-order valence-electron chi connectivity index (χ1n) is 9.69. The number of fused-ring (bicyclic) bond motifs is 2. The van der Waals surface area contributed by atoms with Crippen LogP contribution in [-0.4, -0.2) is 43.6 Å². The van der Waals surface area contributed by atoms with Crippen LogP contribution < -0.4 is 10.9 Å². The Labute approximate surface area is 190 Å². The normalized spacial score (nSPS) is 13.3. The quantitative estimate of drug-likeness (QED) is 0.422. The van der Waals surface area contributed by atoms with Crippen LogP contribution in [0.25, 0.3) is 16.4 Å². The molecule has 0 spiro atoms. The minimum absolute atomic E-state index is 0.260. The number of benzene rings is 1. The smallest absolute Gasteiger partial charge is 0.366 e. The first-order chi connectivity index (χ1) is 16.4. The molecular weight excluding hydrogens is 486 g/mol. The summed E-state index contributed by atoms with van der Waals surface area (Å²) in [4.78, 5) is 25.4. The summed E-state index contributed by atoms with van der Waals surface area (Å²) in [5, 5.41) is 12.3. The molecule has 0 fully saturated rings. The molecule has 3 aromatic heterocycles. The molecule has 0 saturated heterocycles. The minimum Gasteiger partial charge on any atom is -0.366 e. The van der Waals surface area contributed by atoms with Gasteiger partial charge in [-0.15, -0.1) is 10.2 Å². The summed E-state index contributed by atoms with van der Waals surface area (Å²) in [6.07, 6.45) is -9.88. The van der Waals surface area contributed by atoms with Gasteiger partial charge < -0.3 is 10.1 Å². The molecule has 4 rings (SSSR count). The first-order valence-corrected chi connectivity index (χ1v) is 9.69. The fraction of sp³-hybridized carbons (Fsp3) is 0.250. The molecule has 1 atom stereocenters. The number of anilines is 1. The van der Waals surface area contributed by atoms with Crippen molar-refractivity contribution in [3.63, 3.8) is 0 Å². The number of pyridine rings is 1. The Morgan fingerprint density at radius 3 is 2.51 bits per heavy atom. The highest BCUT2D eigenvalue weighted by molar-refractivity contribution is 5.91. The highest BCUT2D eigenvalue weighted by Crippen LogP contribution is 2.38. The fourth-order valence-corrected chi connectivity index (χ4v) is 3.43. The van der Waals surface area contributed by atoms with Crippen LogP contribution in [-0.2, 0) is 22.3 Å². The number of amides is 1. The second kappa shape index (κ2) is 8.65. The van der Waals surface area contributed by atoms with E-state index in [1.54, 1.807) is 0 Å². The van der Waals surface area contributed by atoms with Crippen LogP contribution in [0.4, 0.5) is 32.0 Å². The Balaban J connectivity index is 1.77. The third-order valence-corrected chi connectivity index (χ3v) is 4.97. The number of hydrogen-bond acceptors (Lipinski definition) is 6. The van der Waals surface area contributed by atoms with E-state index in [4.69, 9.17) is 0 Å². The van der Waals surface area contributed by atoms with Crippen molar-refractivity contribution >= 4 is 28.0 Å². The monoisotopic (exact) mass is 500 g/mol. The molecule has 15 heteroatoms. The van der Waals surface area contributed by atoms with Gasteiger partial charge in [-0.1, -0.05) is 0 Å². The predicted molar refractivity (Wildman–Crippen MR) is 108 cm³/mol. The molecule has 9 nitrogen and oxygen atoms in total. The van der Waals surface area contributed by atoms with Crippen molar-refractivity contribution < 1.29 is 35.9 Å². The van der Waals surface area contributed by atoms with Gasteiger partial charge in [0.05, 0.1) is 16.6 Å². The molecule has 3 heterocycles. The van der Waals surface area contributed by atoms with Crippen LogP contribution in [0, 0.1) is 0 Å². The summed E-state index contributed by atoms with van der Waals surface area (Å²) in [7, 11) is 0.697. The van der Waals surface area contributed by atoms with Crippen molar-refractivity contribution in [3.05, 3.63) is 64.5 Å². The molecule has 1 aromatic carbocycles. The standard InChI is InChI=1S/C20H14F6N6O3/c1-35-17(20(24,25)26)16-13-6-10(19(21,22)23)2-4-12(13)18(34)32(30-16)8-15(33)28-11-3-5-14-29-27-9-31(14)7-11/h2-7,9,17H,8H2,1H3,(H,28,33). The summed E-state index contributed by atoms with van der Waals surface area (Å²) in [5.74, 6) is -0.829. The molecule has 0 aliphatic carbocycles. The molecule has 35 heavy (non-hydrogen) atoms. The molecule has 1 N–H and O–H groups in total. The molecule has 4 aromatic rings. The second-order valence-electron chi connectivity index (χ2n) is 7.33. The Bertz CT molecular complexity index is 1480. The highest BCUT2D eigenvalue weighted by Gasteiger charge is 2.44. The average molecular weight is 500 g/mol. The van der Waals surface area contributed by atoms with Crippen molar-refractivity contribution in [2.24, 2.45) is 0 Å². The molecule has 1 unspecified atom stereocenters. The number of hydrogen-bond donors (Lipinski definition) is 1. The van der Waals surface area contributed by atoms with Crippen LogP contribution in [0.5, 0.6) is 0 Å². The van der Waals surface area contributed by atoms with Gasteiger partial charge in [0.1, 0.15) is 18.6 Å². The zero-order valence-electron chi connectivity index (χ0n) is 17.6. The van der Waals surface area contributed by atoms with Crippen molar-refractivity contribution in [3.8, 4) is 0 Å². The predicted octanol–water partition coefficient (Wildman–Crippen LogP) is 3.35. The second-order valence-corrected chi connectivity index (χ2v) is 7.33. The number of aromatic nitrogens is 5. The number of carbonyl (C=O) groups excluding carboxylic acids is 1. The third kappa shape index (κ3) is 4.80. The highest BCUT2D eigenvalue weighted by atomic mass is 19.4. The molecule has 0 aliphatic heterocycles. The van der Waals surface area contributed by atoms with E-state index >= 15 is 0 Å². The van der Waals surface area contributed by atoms with E-state index in [-0.39, 0.29) is 5.69 Å². The number of ether oxygens (including phenoxy) is 1. The van der Waals surface area contributed by atoms with Crippen molar-refractivity contribution in [2.75, 3.05) is 12.4 Å². The van der Waals surface area contributed by atoms with E-state index in [9.17, 15) is 35.9 Å². The molecule has 0 bridgehead atoms. The van der Waals surface area contributed by atoms with Crippen molar-refractivity contribution in [1.82, 2.24) is 24.4 Å². The lowest BCUT2D eigenvalue weighted by Crippen LogP contribution is -2.33. The van der Waals surface area contributed by atoms with Crippen LogP contribution in [0.3, 0.4) is 0 Å².